The molecule has 0 spiro atoms. The minimum Gasteiger partial charge on any atom is -0.496 e. The van der Waals surface area contributed by atoms with E-state index in [1.54, 1.807) is 7.11 Å². The van der Waals surface area contributed by atoms with Crippen LogP contribution in [0.15, 0.2) is 24.3 Å². The van der Waals surface area contributed by atoms with Gasteiger partial charge in [0.1, 0.15) is 5.75 Å². The van der Waals surface area contributed by atoms with E-state index in [0.717, 1.165) is 17.7 Å². The maximum Gasteiger partial charge on any atom is 0.317 e. The van der Waals surface area contributed by atoms with Gasteiger partial charge in [0.25, 0.3) is 0 Å². The molecule has 2 atom stereocenters. The van der Waals surface area contributed by atoms with Gasteiger partial charge in [-0.3, -0.25) is 0 Å². The smallest absolute Gasteiger partial charge is 0.317 e. The molecule has 1 aliphatic rings. The third kappa shape index (κ3) is 4.36. The van der Waals surface area contributed by atoms with Crippen molar-refractivity contribution in [1.29, 1.82) is 0 Å². The Labute approximate surface area is 126 Å². The van der Waals surface area contributed by atoms with Crippen LogP contribution in [0.4, 0.5) is 4.79 Å². The summed E-state index contributed by atoms with van der Waals surface area (Å²) in [6.07, 6.45) is 0.938. The van der Waals surface area contributed by atoms with Crippen molar-refractivity contribution in [3.8, 4) is 5.75 Å². The first-order valence-corrected chi connectivity index (χ1v) is 7.40. The Hall–Kier alpha value is -1.75. The van der Waals surface area contributed by atoms with Crippen LogP contribution in [0, 0.1) is 0 Å². The SMILES string of the molecule is COc1ccccc1CCNC(=O)N1C[C@H](C)O[C@@H](C)C1. The summed E-state index contributed by atoms with van der Waals surface area (Å²) in [4.78, 5) is 14.0. The maximum absolute atomic E-state index is 12.2. The Morgan fingerprint density at radius 2 is 2.00 bits per heavy atom. The van der Waals surface area contributed by atoms with Gasteiger partial charge in [-0.15, -0.1) is 0 Å². The van der Waals surface area contributed by atoms with Gasteiger partial charge in [-0.05, 0) is 31.9 Å². The topological polar surface area (TPSA) is 50.8 Å². The van der Waals surface area contributed by atoms with Gasteiger partial charge in [0, 0.05) is 19.6 Å². The minimum atomic E-state index is -0.0214. The number of ether oxygens (including phenoxy) is 2. The van der Waals surface area contributed by atoms with E-state index in [0.29, 0.717) is 19.6 Å². The molecule has 1 saturated heterocycles. The molecule has 0 unspecified atom stereocenters. The molecule has 5 heteroatoms. The molecule has 2 amide bonds. The van der Waals surface area contributed by atoms with Gasteiger partial charge >= 0.3 is 6.03 Å². The summed E-state index contributed by atoms with van der Waals surface area (Å²) < 4.78 is 10.9. The number of hydrogen-bond donors (Lipinski definition) is 1. The largest absolute Gasteiger partial charge is 0.496 e. The van der Waals surface area contributed by atoms with Crippen LogP contribution in [0.25, 0.3) is 0 Å². The number of nitrogens with zero attached hydrogens (tertiary/aromatic N) is 1. The van der Waals surface area contributed by atoms with E-state index < -0.39 is 0 Å². The molecule has 0 bridgehead atoms. The summed E-state index contributed by atoms with van der Waals surface area (Å²) in [6.45, 7) is 5.87. The van der Waals surface area contributed by atoms with Crippen molar-refractivity contribution in [2.45, 2.75) is 32.5 Å². The average molecular weight is 292 g/mol. The van der Waals surface area contributed by atoms with E-state index in [1.165, 1.54) is 0 Å². The number of nitrogens with one attached hydrogen (secondary N) is 1. The van der Waals surface area contributed by atoms with Gasteiger partial charge in [-0.1, -0.05) is 18.2 Å². The second kappa shape index (κ2) is 7.31. The summed E-state index contributed by atoms with van der Waals surface area (Å²) in [5.41, 5.74) is 1.10. The molecular weight excluding hydrogens is 268 g/mol. The fourth-order valence-electron chi connectivity index (χ4n) is 2.67. The molecular formula is C16H24N2O3. The van der Waals surface area contributed by atoms with Gasteiger partial charge in [-0.25, -0.2) is 4.79 Å². The molecule has 0 aromatic heterocycles. The number of hydrogen-bond acceptors (Lipinski definition) is 3. The van der Waals surface area contributed by atoms with Gasteiger partial charge in [0.15, 0.2) is 0 Å². The van der Waals surface area contributed by atoms with E-state index in [9.17, 15) is 4.79 Å². The number of carbonyl (C=O) groups is 1. The van der Waals surface area contributed by atoms with E-state index in [-0.39, 0.29) is 18.2 Å². The fraction of sp³-hybridized carbons (Fsp3) is 0.562. The number of para-hydroxylation sites is 1. The highest BCUT2D eigenvalue weighted by Gasteiger charge is 2.25. The number of amides is 2. The second-order valence-electron chi connectivity index (χ2n) is 5.46. The van der Waals surface area contributed by atoms with Crippen molar-refractivity contribution in [1.82, 2.24) is 10.2 Å². The van der Waals surface area contributed by atoms with E-state index >= 15 is 0 Å². The number of benzene rings is 1. The van der Waals surface area contributed by atoms with Crippen LogP contribution in [0.2, 0.25) is 0 Å². The fourth-order valence-corrected chi connectivity index (χ4v) is 2.67. The normalized spacial score (nSPS) is 22.0. The zero-order valence-electron chi connectivity index (χ0n) is 13.0. The molecule has 0 radical (unpaired) electrons. The Kier molecular flexibility index (Phi) is 5.44. The predicted molar refractivity (Wildman–Crippen MR) is 81.7 cm³/mol. The van der Waals surface area contributed by atoms with E-state index in [1.807, 2.05) is 43.0 Å². The number of rotatable bonds is 4. The van der Waals surface area contributed by atoms with Crippen molar-refractivity contribution in [3.63, 3.8) is 0 Å². The van der Waals surface area contributed by atoms with Gasteiger partial charge in [0.2, 0.25) is 0 Å². The van der Waals surface area contributed by atoms with Crippen LogP contribution in [0.3, 0.4) is 0 Å². The zero-order valence-corrected chi connectivity index (χ0v) is 13.0. The average Bonchev–Trinajstić information content (AvgIpc) is 2.46. The molecule has 1 aliphatic heterocycles. The van der Waals surface area contributed by atoms with E-state index in [2.05, 4.69) is 5.32 Å². The molecule has 0 saturated carbocycles. The number of methoxy groups -OCH3 is 1. The monoisotopic (exact) mass is 292 g/mol. The van der Waals surface area contributed by atoms with E-state index in [4.69, 9.17) is 9.47 Å². The number of carbonyl (C=O) groups excluding carboxylic acids is 1. The van der Waals surface area contributed by atoms with Crippen LogP contribution in [-0.4, -0.2) is 49.9 Å². The number of morpholine rings is 1. The highest BCUT2D eigenvalue weighted by molar-refractivity contribution is 5.74. The summed E-state index contributed by atoms with van der Waals surface area (Å²) in [6, 6.07) is 7.85. The first-order valence-electron chi connectivity index (χ1n) is 7.40. The summed E-state index contributed by atoms with van der Waals surface area (Å²) in [7, 11) is 1.66. The summed E-state index contributed by atoms with van der Waals surface area (Å²) in [5, 5.41) is 2.97. The lowest BCUT2D eigenvalue weighted by atomic mass is 10.1. The summed E-state index contributed by atoms with van der Waals surface area (Å²) >= 11 is 0. The second-order valence-corrected chi connectivity index (χ2v) is 5.46. The van der Waals surface area contributed by atoms with Gasteiger partial charge in [0.05, 0.1) is 19.3 Å². The lowest BCUT2D eigenvalue weighted by Crippen LogP contribution is -2.51. The lowest BCUT2D eigenvalue weighted by molar-refractivity contribution is -0.0544. The maximum atomic E-state index is 12.2. The third-order valence-corrected chi connectivity index (χ3v) is 3.57. The Morgan fingerprint density at radius 1 is 1.33 bits per heavy atom. The molecule has 1 aromatic rings. The van der Waals surface area contributed by atoms with Crippen LogP contribution in [-0.2, 0) is 11.2 Å². The Morgan fingerprint density at radius 3 is 2.67 bits per heavy atom. The molecule has 1 heterocycles. The molecule has 0 aliphatic carbocycles. The van der Waals surface area contributed by atoms with Gasteiger partial charge < -0.3 is 19.7 Å². The molecule has 2 rings (SSSR count). The summed E-state index contributed by atoms with van der Waals surface area (Å²) in [5.74, 6) is 0.861. The van der Waals surface area contributed by atoms with Crippen molar-refractivity contribution in [2.24, 2.45) is 0 Å². The molecule has 1 aromatic carbocycles. The first-order chi connectivity index (χ1) is 10.1. The predicted octanol–water partition coefficient (Wildman–Crippen LogP) is 2.06. The van der Waals surface area contributed by atoms with Crippen LogP contribution >= 0.6 is 0 Å². The molecule has 5 nitrogen and oxygen atoms in total. The Bertz CT molecular complexity index is 468. The highest BCUT2D eigenvalue weighted by atomic mass is 16.5. The number of urea groups is 1. The molecule has 1 N–H and O–H groups in total. The van der Waals surface area contributed by atoms with Crippen molar-refractivity contribution < 1.29 is 14.3 Å². The minimum absolute atomic E-state index is 0.0214. The quantitative estimate of drug-likeness (QED) is 0.924. The molecule has 21 heavy (non-hydrogen) atoms. The van der Waals surface area contributed by atoms with Crippen LogP contribution < -0.4 is 10.1 Å². The lowest BCUT2D eigenvalue weighted by Gasteiger charge is -2.35. The van der Waals surface area contributed by atoms with Crippen molar-refractivity contribution in [3.05, 3.63) is 29.8 Å². The third-order valence-electron chi connectivity index (χ3n) is 3.57. The molecule has 116 valence electrons. The van der Waals surface area contributed by atoms with Gasteiger partial charge in [-0.2, -0.15) is 0 Å². The highest BCUT2D eigenvalue weighted by Crippen LogP contribution is 2.17. The Balaban J connectivity index is 1.81. The van der Waals surface area contributed by atoms with Crippen molar-refractivity contribution >= 4 is 6.03 Å². The standard InChI is InChI=1S/C16H24N2O3/c1-12-10-18(11-13(2)21-12)16(19)17-9-8-14-6-4-5-7-15(14)20-3/h4-7,12-13H,8-11H2,1-3H3,(H,17,19)/t12-,13-/m0/s1. The zero-order chi connectivity index (χ0) is 15.2. The first kappa shape index (κ1) is 15.6. The molecule has 1 fully saturated rings. The van der Waals surface area contributed by atoms with Crippen LogP contribution in [0.1, 0.15) is 19.4 Å². The van der Waals surface area contributed by atoms with Crippen molar-refractivity contribution in [2.75, 3.05) is 26.7 Å². The van der Waals surface area contributed by atoms with Crippen LogP contribution in [0.5, 0.6) is 5.75 Å².